The lowest BCUT2D eigenvalue weighted by Gasteiger charge is -2.29. The number of aromatic nitrogens is 5. The van der Waals surface area contributed by atoms with E-state index in [-0.39, 0.29) is 22.0 Å². The van der Waals surface area contributed by atoms with Gasteiger partial charge in [-0.2, -0.15) is 9.78 Å². The van der Waals surface area contributed by atoms with Crippen LogP contribution in [0.25, 0.3) is 5.95 Å². The molecule has 150 valence electrons. The summed E-state index contributed by atoms with van der Waals surface area (Å²) in [4.78, 5) is 28.0. The standard InChI is InChI=1S/C19H17Cl3N6O/c1-11(17-25-10-26-28(17)19-23-7-2-8-24-19)27(9-12-3-4-12)18(29)13-5-6-14(20)16(22)15(13)21/h2,5-8,10-12H,3-4,9H2,1H3. The fraction of sp³-hybridized carbons (Fsp3) is 0.316. The number of benzene rings is 1. The minimum atomic E-state index is -0.389. The Kier molecular flexibility index (Phi) is 5.72. The van der Waals surface area contributed by atoms with E-state index in [1.807, 2.05) is 6.92 Å². The van der Waals surface area contributed by atoms with Gasteiger partial charge in [0.15, 0.2) is 5.82 Å². The van der Waals surface area contributed by atoms with Gasteiger partial charge in [0.25, 0.3) is 11.9 Å². The largest absolute Gasteiger partial charge is 0.328 e. The van der Waals surface area contributed by atoms with Crippen LogP contribution in [0.5, 0.6) is 0 Å². The smallest absolute Gasteiger partial charge is 0.256 e. The van der Waals surface area contributed by atoms with Crippen LogP contribution in [0.1, 0.15) is 42.0 Å². The van der Waals surface area contributed by atoms with E-state index in [0.29, 0.717) is 34.8 Å². The van der Waals surface area contributed by atoms with E-state index in [2.05, 4.69) is 20.1 Å². The van der Waals surface area contributed by atoms with Gasteiger partial charge in [0.05, 0.1) is 26.7 Å². The second kappa shape index (κ2) is 8.26. The molecule has 0 N–H and O–H groups in total. The maximum atomic E-state index is 13.4. The molecular weight excluding hydrogens is 435 g/mol. The van der Waals surface area contributed by atoms with Crippen LogP contribution >= 0.6 is 34.8 Å². The lowest BCUT2D eigenvalue weighted by Crippen LogP contribution is -2.37. The second-order valence-corrected chi connectivity index (χ2v) is 8.04. The predicted octanol–water partition coefficient (Wildman–Crippen LogP) is 4.63. The van der Waals surface area contributed by atoms with Gasteiger partial charge >= 0.3 is 0 Å². The summed E-state index contributed by atoms with van der Waals surface area (Å²) in [5.41, 5.74) is 0.301. The normalized spacial score (nSPS) is 14.6. The van der Waals surface area contributed by atoms with E-state index in [0.717, 1.165) is 12.8 Å². The van der Waals surface area contributed by atoms with Gasteiger partial charge in [0.2, 0.25) is 0 Å². The number of carbonyl (C=O) groups excluding carboxylic acids is 1. The molecule has 3 aromatic rings. The zero-order valence-corrected chi connectivity index (χ0v) is 17.7. The fourth-order valence-corrected chi connectivity index (χ4v) is 3.69. The summed E-state index contributed by atoms with van der Waals surface area (Å²) >= 11 is 18.5. The Morgan fingerprint density at radius 2 is 1.90 bits per heavy atom. The Hall–Kier alpha value is -2.22. The molecule has 4 rings (SSSR count). The molecule has 29 heavy (non-hydrogen) atoms. The van der Waals surface area contributed by atoms with Gasteiger partial charge in [0.1, 0.15) is 6.33 Å². The first kappa shape index (κ1) is 20.1. The lowest BCUT2D eigenvalue weighted by molar-refractivity contribution is 0.0671. The molecule has 1 aliphatic carbocycles. The van der Waals surface area contributed by atoms with Crippen molar-refractivity contribution in [3.8, 4) is 5.95 Å². The monoisotopic (exact) mass is 450 g/mol. The number of carbonyl (C=O) groups is 1. The molecular formula is C19H17Cl3N6O. The first-order chi connectivity index (χ1) is 14.0. The highest BCUT2D eigenvalue weighted by Gasteiger charge is 2.34. The molecule has 0 aliphatic heterocycles. The molecule has 0 radical (unpaired) electrons. The van der Waals surface area contributed by atoms with Crippen molar-refractivity contribution >= 4 is 40.7 Å². The van der Waals surface area contributed by atoms with Crippen molar-refractivity contribution in [2.45, 2.75) is 25.8 Å². The average molecular weight is 452 g/mol. The van der Waals surface area contributed by atoms with Crippen LogP contribution in [0.3, 0.4) is 0 Å². The summed E-state index contributed by atoms with van der Waals surface area (Å²) < 4.78 is 1.54. The summed E-state index contributed by atoms with van der Waals surface area (Å²) in [5.74, 6) is 1.16. The Balaban J connectivity index is 1.70. The lowest BCUT2D eigenvalue weighted by atomic mass is 10.1. The number of halogens is 3. The molecule has 0 spiro atoms. The molecule has 2 heterocycles. The van der Waals surface area contributed by atoms with Gasteiger partial charge in [-0.15, -0.1) is 0 Å². The third-order valence-corrected chi connectivity index (χ3v) is 6.13. The van der Waals surface area contributed by atoms with E-state index in [1.54, 1.807) is 35.5 Å². The van der Waals surface area contributed by atoms with Crippen LogP contribution in [0.4, 0.5) is 0 Å². The minimum Gasteiger partial charge on any atom is -0.328 e. The number of hydrogen-bond acceptors (Lipinski definition) is 5. The van der Waals surface area contributed by atoms with E-state index in [9.17, 15) is 4.79 Å². The average Bonchev–Trinajstić information content (AvgIpc) is 3.42. The zero-order valence-electron chi connectivity index (χ0n) is 15.5. The third kappa shape index (κ3) is 4.08. The third-order valence-electron chi connectivity index (χ3n) is 4.84. The maximum Gasteiger partial charge on any atom is 0.256 e. The highest BCUT2D eigenvalue weighted by atomic mass is 35.5. The van der Waals surface area contributed by atoms with Crippen molar-refractivity contribution in [3.63, 3.8) is 0 Å². The van der Waals surface area contributed by atoms with Crippen LogP contribution in [-0.2, 0) is 0 Å². The van der Waals surface area contributed by atoms with Gasteiger partial charge < -0.3 is 4.90 Å². The van der Waals surface area contributed by atoms with Crippen LogP contribution < -0.4 is 0 Å². The van der Waals surface area contributed by atoms with Crippen LogP contribution in [0.15, 0.2) is 36.9 Å². The van der Waals surface area contributed by atoms with Gasteiger partial charge in [-0.1, -0.05) is 34.8 Å². The summed E-state index contributed by atoms with van der Waals surface area (Å²) in [6.07, 6.45) is 6.84. The van der Waals surface area contributed by atoms with Crippen molar-refractivity contribution in [2.24, 2.45) is 5.92 Å². The van der Waals surface area contributed by atoms with Crippen LogP contribution in [0.2, 0.25) is 15.1 Å². The van der Waals surface area contributed by atoms with Crippen LogP contribution in [0, 0.1) is 5.92 Å². The van der Waals surface area contributed by atoms with Gasteiger partial charge in [0, 0.05) is 18.9 Å². The Morgan fingerprint density at radius 3 is 2.59 bits per heavy atom. The zero-order chi connectivity index (χ0) is 20.5. The van der Waals surface area contributed by atoms with Gasteiger partial charge in [-0.05, 0) is 43.9 Å². The van der Waals surface area contributed by atoms with E-state index in [1.165, 1.54) is 11.0 Å². The molecule has 0 bridgehead atoms. The van der Waals surface area contributed by atoms with Crippen molar-refractivity contribution in [1.29, 1.82) is 0 Å². The Morgan fingerprint density at radius 1 is 1.17 bits per heavy atom. The highest BCUT2D eigenvalue weighted by Crippen LogP contribution is 2.37. The molecule has 1 saturated carbocycles. The summed E-state index contributed by atoms with van der Waals surface area (Å²) in [6.45, 7) is 2.48. The van der Waals surface area contributed by atoms with Gasteiger partial charge in [-0.3, -0.25) is 4.79 Å². The molecule has 10 heteroatoms. The van der Waals surface area contributed by atoms with Gasteiger partial charge in [-0.25, -0.2) is 15.0 Å². The highest BCUT2D eigenvalue weighted by molar-refractivity contribution is 6.49. The molecule has 1 unspecified atom stereocenters. The number of rotatable bonds is 6. The fourth-order valence-electron chi connectivity index (χ4n) is 3.07. The molecule has 1 aliphatic rings. The molecule has 1 fully saturated rings. The Labute approximate surface area is 182 Å². The molecule has 1 aromatic carbocycles. The summed E-state index contributed by atoms with van der Waals surface area (Å²) in [7, 11) is 0. The second-order valence-electron chi connectivity index (χ2n) is 6.88. The number of amides is 1. The maximum absolute atomic E-state index is 13.4. The SMILES string of the molecule is CC(c1ncnn1-c1ncccn1)N(CC1CC1)C(=O)c1ccc(Cl)c(Cl)c1Cl. The van der Waals surface area contributed by atoms with Crippen molar-refractivity contribution in [3.05, 3.63) is 63.4 Å². The van der Waals surface area contributed by atoms with E-state index < -0.39 is 0 Å². The van der Waals surface area contributed by atoms with Crippen molar-refractivity contribution in [2.75, 3.05) is 6.54 Å². The van der Waals surface area contributed by atoms with Crippen molar-refractivity contribution in [1.82, 2.24) is 29.6 Å². The minimum absolute atomic E-state index is 0.144. The predicted molar refractivity (Wildman–Crippen MR) is 111 cm³/mol. The number of nitrogens with zero attached hydrogens (tertiary/aromatic N) is 6. The molecule has 0 saturated heterocycles. The molecule has 1 atom stereocenters. The van der Waals surface area contributed by atoms with Crippen LogP contribution in [-0.4, -0.2) is 42.1 Å². The molecule has 1 amide bonds. The first-order valence-corrected chi connectivity index (χ1v) is 10.2. The molecule has 2 aromatic heterocycles. The van der Waals surface area contributed by atoms with Crippen molar-refractivity contribution < 1.29 is 4.79 Å². The summed E-state index contributed by atoms with van der Waals surface area (Å²) in [5, 5.41) is 4.85. The van der Waals surface area contributed by atoms with E-state index in [4.69, 9.17) is 34.8 Å². The first-order valence-electron chi connectivity index (χ1n) is 9.09. The quantitative estimate of drug-likeness (QED) is 0.511. The van der Waals surface area contributed by atoms with E-state index >= 15 is 0 Å². The Bertz CT molecular complexity index is 1040. The summed E-state index contributed by atoms with van der Waals surface area (Å²) in [6, 6.07) is 4.50. The number of hydrogen-bond donors (Lipinski definition) is 0. The molecule has 7 nitrogen and oxygen atoms in total. The topological polar surface area (TPSA) is 76.8 Å².